The molecule has 216 valence electrons. The molecule has 0 aliphatic heterocycles. The van der Waals surface area contributed by atoms with Gasteiger partial charge in [0.15, 0.2) is 0 Å². The molecular weight excluding hydrogens is 633 g/mol. The lowest BCUT2D eigenvalue weighted by molar-refractivity contribution is -0.115. The van der Waals surface area contributed by atoms with Crippen molar-refractivity contribution >= 4 is 92.9 Å². The summed E-state index contributed by atoms with van der Waals surface area (Å²) in [6.45, 7) is 3.78. The predicted molar refractivity (Wildman–Crippen MR) is 174 cm³/mol. The maximum atomic E-state index is 13.4. The van der Waals surface area contributed by atoms with Crippen LogP contribution in [0.5, 0.6) is 0 Å². The zero-order valence-corrected chi connectivity index (χ0v) is 26.4. The Hall–Kier alpha value is -3.35. The summed E-state index contributed by atoms with van der Waals surface area (Å²) in [5.41, 5.74) is 1.18. The second kappa shape index (κ2) is 15.2. The molecule has 0 fully saturated rings. The second-order valence-corrected chi connectivity index (χ2v) is 12.8. The minimum Gasteiger partial charge on any atom is -0.321 e. The molecule has 1 heterocycles. The van der Waals surface area contributed by atoms with Crippen LogP contribution in [-0.4, -0.2) is 38.1 Å². The van der Waals surface area contributed by atoms with E-state index in [0.29, 0.717) is 37.1 Å². The molecule has 3 aromatic carbocycles. The number of amides is 3. The molecule has 4 aromatic rings. The molecule has 8 nitrogen and oxygen atoms in total. The Balaban J connectivity index is 1.49. The molecule has 0 aliphatic carbocycles. The predicted octanol–water partition coefficient (Wildman–Crippen LogP) is 7.49. The molecule has 1 unspecified atom stereocenters. The Morgan fingerprint density at radius 1 is 0.976 bits per heavy atom. The van der Waals surface area contributed by atoms with E-state index < -0.39 is 17.1 Å². The van der Waals surface area contributed by atoms with Crippen LogP contribution in [-0.2, 0) is 9.59 Å². The maximum absolute atomic E-state index is 13.4. The van der Waals surface area contributed by atoms with Gasteiger partial charge in [0.25, 0.3) is 11.8 Å². The fraction of sp³-hybridized carbons (Fsp3) is 0.138. The quantitative estimate of drug-likeness (QED) is 0.113. The van der Waals surface area contributed by atoms with Gasteiger partial charge in [0.1, 0.15) is 5.70 Å². The fourth-order valence-electron chi connectivity index (χ4n) is 3.49. The van der Waals surface area contributed by atoms with E-state index in [1.165, 1.54) is 29.6 Å². The molecule has 0 aliphatic rings. The number of rotatable bonds is 11. The van der Waals surface area contributed by atoms with E-state index in [2.05, 4.69) is 25.3 Å². The minimum absolute atomic E-state index is 0.0534. The first-order valence-electron chi connectivity index (χ1n) is 12.6. The lowest BCUT2D eigenvalue weighted by Crippen LogP contribution is -2.30. The number of anilines is 2. The van der Waals surface area contributed by atoms with Crippen LogP contribution >= 0.6 is 58.3 Å². The fourth-order valence-corrected chi connectivity index (χ4v) is 6.20. The molecule has 1 atom stereocenters. The summed E-state index contributed by atoms with van der Waals surface area (Å²) in [4.78, 5) is 44.2. The van der Waals surface area contributed by atoms with Gasteiger partial charge in [0.05, 0.1) is 5.25 Å². The molecule has 0 spiro atoms. The number of nitrogens with zero attached hydrogens (tertiary/aromatic N) is 2. The van der Waals surface area contributed by atoms with Crippen LogP contribution in [0, 0.1) is 0 Å². The van der Waals surface area contributed by atoms with E-state index >= 15 is 0 Å². The number of aromatic nitrogens is 2. The van der Waals surface area contributed by atoms with Crippen molar-refractivity contribution in [3.05, 3.63) is 99.7 Å². The van der Waals surface area contributed by atoms with E-state index in [1.54, 1.807) is 73.7 Å². The van der Waals surface area contributed by atoms with Gasteiger partial charge in [-0.2, -0.15) is 9.36 Å². The number of halogens is 2. The summed E-state index contributed by atoms with van der Waals surface area (Å²) in [5, 5.41) is 9.55. The number of thioether (sulfide) groups is 2. The summed E-state index contributed by atoms with van der Waals surface area (Å²) in [6.07, 6.45) is 1.43. The summed E-state index contributed by atoms with van der Waals surface area (Å²) < 4.78 is 4.21. The molecule has 3 amide bonds. The highest BCUT2D eigenvalue weighted by Crippen LogP contribution is 2.29. The van der Waals surface area contributed by atoms with Crippen LogP contribution in [0.15, 0.2) is 88.5 Å². The molecule has 0 saturated heterocycles. The van der Waals surface area contributed by atoms with Crippen LogP contribution in [0.4, 0.5) is 10.8 Å². The van der Waals surface area contributed by atoms with Crippen molar-refractivity contribution < 1.29 is 14.4 Å². The van der Waals surface area contributed by atoms with Crippen LogP contribution in [0.2, 0.25) is 10.0 Å². The van der Waals surface area contributed by atoms with Gasteiger partial charge < -0.3 is 10.6 Å². The highest BCUT2D eigenvalue weighted by Gasteiger charge is 2.19. The summed E-state index contributed by atoms with van der Waals surface area (Å²) in [7, 11) is 0. The Labute approximate surface area is 265 Å². The molecule has 4 rings (SSSR count). The Morgan fingerprint density at radius 3 is 2.40 bits per heavy atom. The van der Waals surface area contributed by atoms with E-state index in [9.17, 15) is 14.4 Å². The van der Waals surface area contributed by atoms with E-state index in [-0.39, 0.29) is 11.6 Å². The molecule has 13 heteroatoms. The first kappa shape index (κ1) is 31.6. The standard InChI is InChI=1S/C29H25Cl2N5O3S3/c1-3-40-29-35-28(42-36-29)34-25(37)17(2)41-20-12-7-11-19(15-20)32-27(39)24(16-21-22(30)13-8-14-23(21)31)33-26(38)18-9-5-4-6-10-18/h4-17H,3H2,1-2H3,(H,32,39)(H,33,38)(H,34,35,36,37)/b24-16+. The van der Waals surface area contributed by atoms with E-state index in [0.717, 1.165) is 22.2 Å². The Morgan fingerprint density at radius 2 is 1.69 bits per heavy atom. The molecular formula is C29H25Cl2N5O3S3. The normalized spacial score (nSPS) is 12.0. The molecule has 3 N–H and O–H groups in total. The highest BCUT2D eigenvalue weighted by molar-refractivity contribution is 8.00. The van der Waals surface area contributed by atoms with E-state index in [1.807, 2.05) is 13.0 Å². The SMILES string of the molecule is CCSc1nsc(NC(=O)C(C)Sc2cccc(NC(=O)/C(=C\c3c(Cl)cccc3Cl)NC(=O)c3ccccc3)c2)n1. The zero-order chi connectivity index (χ0) is 30.1. The van der Waals surface area contributed by atoms with Crippen LogP contribution in [0.3, 0.4) is 0 Å². The van der Waals surface area contributed by atoms with Crippen LogP contribution in [0.25, 0.3) is 6.08 Å². The number of hydrogen-bond donors (Lipinski definition) is 3. The van der Waals surface area contributed by atoms with Crippen molar-refractivity contribution in [1.29, 1.82) is 0 Å². The van der Waals surface area contributed by atoms with Crippen molar-refractivity contribution in [3.63, 3.8) is 0 Å². The zero-order valence-electron chi connectivity index (χ0n) is 22.4. The largest absolute Gasteiger partial charge is 0.321 e. The first-order valence-corrected chi connectivity index (χ1v) is 16.0. The molecule has 0 saturated carbocycles. The molecule has 1 aromatic heterocycles. The third kappa shape index (κ3) is 8.83. The summed E-state index contributed by atoms with van der Waals surface area (Å²) >= 11 is 16.6. The van der Waals surface area contributed by atoms with Gasteiger partial charge in [0.2, 0.25) is 16.2 Å². The number of hydrogen-bond acceptors (Lipinski definition) is 8. The van der Waals surface area contributed by atoms with Gasteiger partial charge in [0, 0.05) is 43.3 Å². The van der Waals surface area contributed by atoms with Crippen molar-refractivity contribution in [1.82, 2.24) is 14.7 Å². The Kier molecular flexibility index (Phi) is 11.4. The lowest BCUT2D eigenvalue weighted by Gasteiger charge is -2.14. The summed E-state index contributed by atoms with van der Waals surface area (Å²) in [6, 6.07) is 20.5. The monoisotopic (exact) mass is 657 g/mol. The Bertz CT molecular complexity index is 1590. The van der Waals surface area contributed by atoms with Crippen molar-refractivity contribution in [3.8, 4) is 0 Å². The van der Waals surface area contributed by atoms with Gasteiger partial charge in [-0.25, -0.2) is 0 Å². The van der Waals surface area contributed by atoms with Gasteiger partial charge in [-0.05, 0) is 61.2 Å². The first-order chi connectivity index (χ1) is 20.2. The van der Waals surface area contributed by atoms with Gasteiger partial charge in [-0.1, -0.05) is 72.2 Å². The van der Waals surface area contributed by atoms with Crippen molar-refractivity contribution in [2.75, 3.05) is 16.4 Å². The lowest BCUT2D eigenvalue weighted by atomic mass is 10.1. The van der Waals surface area contributed by atoms with Gasteiger partial charge in [-0.15, -0.1) is 11.8 Å². The second-order valence-electron chi connectivity index (χ2n) is 8.56. The molecule has 0 bridgehead atoms. The maximum Gasteiger partial charge on any atom is 0.272 e. The van der Waals surface area contributed by atoms with E-state index in [4.69, 9.17) is 23.2 Å². The van der Waals surface area contributed by atoms with Crippen molar-refractivity contribution in [2.24, 2.45) is 0 Å². The number of carbonyl (C=O) groups is 3. The number of benzene rings is 3. The van der Waals surface area contributed by atoms with Crippen LogP contribution in [0.1, 0.15) is 29.8 Å². The topological polar surface area (TPSA) is 113 Å². The van der Waals surface area contributed by atoms with Crippen molar-refractivity contribution in [2.45, 2.75) is 29.1 Å². The average Bonchev–Trinajstić information content (AvgIpc) is 3.41. The summed E-state index contributed by atoms with van der Waals surface area (Å²) in [5.74, 6) is -0.433. The number of carbonyl (C=O) groups excluding carboxylic acids is 3. The average molecular weight is 659 g/mol. The molecule has 0 radical (unpaired) electrons. The minimum atomic E-state index is -0.583. The van der Waals surface area contributed by atoms with Gasteiger partial charge >= 0.3 is 0 Å². The number of nitrogens with one attached hydrogen (secondary N) is 3. The third-order valence-electron chi connectivity index (χ3n) is 5.50. The smallest absolute Gasteiger partial charge is 0.272 e. The highest BCUT2D eigenvalue weighted by atomic mass is 35.5. The van der Waals surface area contributed by atoms with Crippen LogP contribution < -0.4 is 16.0 Å². The third-order valence-corrected chi connectivity index (χ3v) is 8.73. The molecule has 42 heavy (non-hydrogen) atoms. The van der Waals surface area contributed by atoms with Gasteiger partial charge in [-0.3, -0.25) is 19.7 Å².